The molecule has 0 aromatic carbocycles. The fraction of sp³-hybridized carbons (Fsp3) is 0.617. The SMILES string of the molecule is CC/C=C\C/C=C\C/C=C\C/C=C\C/C=C\C/C=C\C/C=C\C/C=C\C/C=C\C/C=C\CCCCC(=O)NC(CO)C(O)/C=C/CCCCCCCCCCCCCCCCCCC. The smallest absolute Gasteiger partial charge is 0.220 e. The second kappa shape index (κ2) is 53.9. The van der Waals surface area contributed by atoms with Gasteiger partial charge in [0.2, 0.25) is 5.91 Å². The highest BCUT2D eigenvalue weighted by molar-refractivity contribution is 5.76. The lowest BCUT2D eigenvalue weighted by atomic mass is 10.0. The summed E-state index contributed by atoms with van der Waals surface area (Å²) in [6, 6.07) is -0.656. The number of allylic oxidation sites excluding steroid dienone is 21. The molecule has 0 saturated carbocycles. The highest BCUT2D eigenvalue weighted by Gasteiger charge is 2.17. The van der Waals surface area contributed by atoms with E-state index < -0.39 is 12.1 Å². The van der Waals surface area contributed by atoms with Crippen LogP contribution in [0.15, 0.2) is 134 Å². The average molecular weight is 882 g/mol. The number of carbonyl (C=O) groups is 1. The number of rotatable bonds is 46. The summed E-state index contributed by atoms with van der Waals surface area (Å²) >= 11 is 0. The molecule has 4 nitrogen and oxygen atoms in total. The molecule has 0 fully saturated rings. The van der Waals surface area contributed by atoms with Crippen LogP contribution in [0.5, 0.6) is 0 Å². The summed E-state index contributed by atoms with van der Waals surface area (Å²) in [6.45, 7) is 4.17. The van der Waals surface area contributed by atoms with Crippen LogP contribution in [0.2, 0.25) is 0 Å². The Balaban J connectivity index is 3.73. The molecule has 0 radical (unpaired) electrons. The van der Waals surface area contributed by atoms with Crippen molar-refractivity contribution in [1.82, 2.24) is 5.32 Å². The highest BCUT2D eigenvalue weighted by Crippen LogP contribution is 2.15. The van der Waals surface area contributed by atoms with E-state index in [4.69, 9.17) is 0 Å². The van der Waals surface area contributed by atoms with Crippen molar-refractivity contribution in [1.29, 1.82) is 0 Å². The fourth-order valence-corrected chi connectivity index (χ4v) is 7.15. The molecule has 0 aliphatic carbocycles. The molecule has 0 aromatic heterocycles. The Labute approximate surface area is 396 Å². The van der Waals surface area contributed by atoms with Gasteiger partial charge in [0, 0.05) is 6.42 Å². The summed E-state index contributed by atoms with van der Waals surface area (Å²) in [6.07, 6.45) is 84.4. The molecule has 0 spiro atoms. The summed E-state index contributed by atoms with van der Waals surface area (Å²) in [5.74, 6) is -0.111. The van der Waals surface area contributed by atoms with E-state index in [0.29, 0.717) is 6.42 Å². The average Bonchev–Trinajstić information content (AvgIpc) is 3.30. The number of hydrogen-bond acceptors (Lipinski definition) is 3. The number of carbonyl (C=O) groups excluding carboxylic acids is 1. The number of aliphatic hydroxyl groups excluding tert-OH is 2. The molecule has 0 aromatic rings. The van der Waals surface area contributed by atoms with Crippen molar-refractivity contribution in [2.24, 2.45) is 0 Å². The molecule has 2 unspecified atom stereocenters. The first-order valence-corrected chi connectivity index (χ1v) is 26.4. The minimum atomic E-state index is -0.868. The van der Waals surface area contributed by atoms with Gasteiger partial charge >= 0.3 is 0 Å². The highest BCUT2D eigenvalue weighted by atomic mass is 16.3. The van der Waals surface area contributed by atoms with Crippen LogP contribution in [0.1, 0.15) is 219 Å². The molecular weight excluding hydrogens is 783 g/mol. The molecule has 0 bridgehead atoms. The van der Waals surface area contributed by atoms with Crippen molar-refractivity contribution in [3.63, 3.8) is 0 Å². The van der Waals surface area contributed by atoms with Gasteiger partial charge in [-0.05, 0) is 96.3 Å². The third-order valence-corrected chi connectivity index (χ3v) is 11.1. The van der Waals surface area contributed by atoms with E-state index in [1.54, 1.807) is 6.08 Å². The van der Waals surface area contributed by atoms with Crippen molar-refractivity contribution >= 4 is 5.91 Å². The van der Waals surface area contributed by atoms with Crippen molar-refractivity contribution in [2.45, 2.75) is 231 Å². The van der Waals surface area contributed by atoms with E-state index >= 15 is 0 Å². The normalized spacial score (nSPS) is 14.0. The van der Waals surface area contributed by atoms with Crippen molar-refractivity contribution < 1.29 is 15.0 Å². The molecule has 0 rings (SSSR count). The zero-order valence-corrected chi connectivity index (χ0v) is 41.5. The molecule has 362 valence electrons. The number of hydrogen-bond donors (Lipinski definition) is 3. The van der Waals surface area contributed by atoms with E-state index in [-0.39, 0.29) is 12.5 Å². The first kappa shape index (κ1) is 60.5. The van der Waals surface area contributed by atoms with Gasteiger partial charge < -0.3 is 15.5 Å². The molecular formula is C60H99NO3. The van der Waals surface area contributed by atoms with Gasteiger partial charge in [-0.2, -0.15) is 0 Å². The predicted molar refractivity (Wildman–Crippen MR) is 285 cm³/mol. The Hall–Kier alpha value is -3.47. The number of aliphatic hydroxyl groups is 2. The predicted octanol–water partition coefficient (Wildman–Crippen LogP) is 17.5. The van der Waals surface area contributed by atoms with Gasteiger partial charge in [0.05, 0.1) is 18.8 Å². The molecule has 4 heteroatoms. The van der Waals surface area contributed by atoms with E-state index in [0.717, 1.165) is 96.3 Å². The largest absolute Gasteiger partial charge is 0.394 e. The molecule has 0 saturated heterocycles. The minimum Gasteiger partial charge on any atom is -0.394 e. The Morgan fingerprint density at radius 2 is 0.688 bits per heavy atom. The summed E-state index contributed by atoms with van der Waals surface area (Å²) in [5.41, 5.74) is 0. The fourth-order valence-electron chi connectivity index (χ4n) is 7.15. The summed E-state index contributed by atoms with van der Waals surface area (Å²) < 4.78 is 0. The van der Waals surface area contributed by atoms with Gasteiger partial charge in [0.25, 0.3) is 0 Å². The Morgan fingerprint density at radius 3 is 1.03 bits per heavy atom. The first-order chi connectivity index (χ1) is 31.7. The molecule has 0 aliphatic heterocycles. The lowest BCUT2D eigenvalue weighted by Gasteiger charge is -2.19. The van der Waals surface area contributed by atoms with Crippen LogP contribution in [0.3, 0.4) is 0 Å². The standard InChI is InChI=1S/C60H99NO3/c1-3-5-7-9-11-13-15-17-19-21-23-24-25-26-27-28-29-30-31-32-33-34-35-36-38-40-42-44-46-48-50-52-54-56-60(64)61-58(57-62)59(63)55-53-51-49-47-45-43-41-39-37-22-20-18-16-14-12-10-8-6-4-2/h5,7,11,13,17,19,23-24,26-27,29-30,32-33,35-36,40,42,46,48,53,55,58-59,62-63H,3-4,6,8-10,12,14-16,18,20-22,25,28,31,34,37-39,41,43-45,47,49-52,54,56-57H2,1-2H3,(H,61,64)/b7-5-,13-11-,19-17-,24-23-,27-26-,30-29-,33-32-,36-35-,42-40-,48-46-,55-53+. The van der Waals surface area contributed by atoms with Gasteiger partial charge in [-0.3, -0.25) is 4.79 Å². The number of unbranched alkanes of at least 4 members (excludes halogenated alkanes) is 19. The molecule has 0 aliphatic rings. The maximum absolute atomic E-state index is 12.4. The number of nitrogens with one attached hydrogen (secondary N) is 1. The summed E-state index contributed by atoms with van der Waals surface area (Å²) in [7, 11) is 0. The van der Waals surface area contributed by atoms with Crippen LogP contribution >= 0.6 is 0 Å². The van der Waals surface area contributed by atoms with Crippen LogP contribution in [-0.4, -0.2) is 34.9 Å². The summed E-state index contributed by atoms with van der Waals surface area (Å²) in [4.78, 5) is 12.4. The Morgan fingerprint density at radius 1 is 0.391 bits per heavy atom. The maximum atomic E-state index is 12.4. The maximum Gasteiger partial charge on any atom is 0.220 e. The van der Waals surface area contributed by atoms with Crippen LogP contribution in [0.4, 0.5) is 0 Å². The molecule has 2 atom stereocenters. The van der Waals surface area contributed by atoms with Gasteiger partial charge in [0.1, 0.15) is 0 Å². The third-order valence-electron chi connectivity index (χ3n) is 11.1. The van der Waals surface area contributed by atoms with E-state index in [1.807, 2.05) is 6.08 Å². The van der Waals surface area contributed by atoms with Gasteiger partial charge in [0.15, 0.2) is 0 Å². The van der Waals surface area contributed by atoms with Crippen LogP contribution < -0.4 is 5.32 Å². The molecule has 0 heterocycles. The third kappa shape index (κ3) is 49.5. The second-order valence-corrected chi connectivity index (χ2v) is 17.2. The van der Waals surface area contributed by atoms with Gasteiger partial charge in [-0.25, -0.2) is 0 Å². The van der Waals surface area contributed by atoms with Gasteiger partial charge in [-0.1, -0.05) is 250 Å². The van der Waals surface area contributed by atoms with E-state index in [1.165, 1.54) is 103 Å². The van der Waals surface area contributed by atoms with Crippen LogP contribution in [0.25, 0.3) is 0 Å². The molecule has 3 N–H and O–H groups in total. The molecule has 1 amide bonds. The lowest BCUT2D eigenvalue weighted by Crippen LogP contribution is -2.45. The van der Waals surface area contributed by atoms with Crippen LogP contribution in [-0.2, 0) is 4.79 Å². The number of amides is 1. The van der Waals surface area contributed by atoms with E-state index in [2.05, 4.69) is 141 Å². The Bertz CT molecular complexity index is 1320. The van der Waals surface area contributed by atoms with E-state index in [9.17, 15) is 15.0 Å². The van der Waals surface area contributed by atoms with Crippen molar-refractivity contribution in [3.8, 4) is 0 Å². The Kier molecular flexibility index (Phi) is 50.9. The zero-order chi connectivity index (χ0) is 46.3. The summed E-state index contributed by atoms with van der Waals surface area (Å²) in [5, 5.41) is 23.1. The quantitative estimate of drug-likeness (QED) is 0.0421. The zero-order valence-electron chi connectivity index (χ0n) is 41.5. The first-order valence-electron chi connectivity index (χ1n) is 26.4. The topological polar surface area (TPSA) is 69.6 Å². The molecule has 64 heavy (non-hydrogen) atoms. The van der Waals surface area contributed by atoms with Gasteiger partial charge in [-0.15, -0.1) is 0 Å². The monoisotopic (exact) mass is 882 g/mol. The van der Waals surface area contributed by atoms with Crippen molar-refractivity contribution in [3.05, 3.63) is 134 Å². The second-order valence-electron chi connectivity index (χ2n) is 17.2. The lowest BCUT2D eigenvalue weighted by molar-refractivity contribution is -0.123. The minimum absolute atomic E-state index is 0.111. The van der Waals surface area contributed by atoms with Crippen molar-refractivity contribution in [2.75, 3.05) is 6.61 Å². The van der Waals surface area contributed by atoms with Crippen LogP contribution in [0, 0.1) is 0 Å².